The molecule has 0 aliphatic carbocycles. The molecule has 0 saturated heterocycles. The van der Waals surface area contributed by atoms with Gasteiger partial charge in [0.15, 0.2) is 0 Å². The summed E-state index contributed by atoms with van der Waals surface area (Å²) in [6.45, 7) is 5.69. The first-order chi connectivity index (χ1) is 15.4. The molecular weight excluding hydrogens is 436 g/mol. The Morgan fingerprint density at radius 3 is 1.84 bits per heavy atom. The third-order valence-electron chi connectivity index (χ3n) is 5.61. The Bertz CT molecular complexity index is 1160. The summed E-state index contributed by atoms with van der Waals surface area (Å²) in [5.41, 5.74) is 7.06. The van der Waals surface area contributed by atoms with Crippen molar-refractivity contribution in [3.05, 3.63) is 123 Å². The maximum atomic E-state index is 6.84. The third kappa shape index (κ3) is 5.07. The summed E-state index contributed by atoms with van der Waals surface area (Å²) in [6.07, 6.45) is 1.43. The molecule has 0 N–H and O–H groups in total. The average Bonchev–Trinajstić information content (AvgIpc) is 2.80. The maximum Gasteiger partial charge on any atom is 0.362 e. The van der Waals surface area contributed by atoms with Crippen LogP contribution in [0, 0.1) is 20.8 Å². The number of halogens is 2. The highest BCUT2D eigenvalue weighted by Gasteiger charge is 2.29. The fourth-order valence-electron chi connectivity index (χ4n) is 3.62. The van der Waals surface area contributed by atoms with E-state index in [4.69, 9.17) is 27.9 Å². The molecule has 0 spiro atoms. The molecule has 0 saturated carbocycles. The van der Waals surface area contributed by atoms with Gasteiger partial charge in [-0.2, -0.15) is 0 Å². The Balaban J connectivity index is 1.83. The van der Waals surface area contributed by atoms with Crippen LogP contribution in [0.15, 0.2) is 85.1 Å². The molecule has 0 radical (unpaired) electrons. The van der Waals surface area contributed by atoms with Crippen molar-refractivity contribution < 1.29 is 4.65 Å². The lowest BCUT2D eigenvalue weighted by Crippen LogP contribution is -2.46. The van der Waals surface area contributed by atoms with Crippen molar-refractivity contribution >= 4 is 41.0 Å². The van der Waals surface area contributed by atoms with E-state index in [1.807, 2.05) is 56.3 Å². The fourth-order valence-corrected chi connectivity index (χ4v) is 4.00. The molecule has 4 rings (SSSR count). The van der Waals surface area contributed by atoms with Crippen molar-refractivity contribution in [2.45, 2.75) is 26.9 Å². The predicted octanol–water partition coefficient (Wildman–Crippen LogP) is 6.23. The molecule has 1 unspecified atom stereocenters. The minimum absolute atomic E-state index is 0.359. The second-order valence-corrected chi connectivity index (χ2v) is 8.89. The fraction of sp³-hybridized carbons (Fsp3) is 0.148. The molecule has 0 bridgehead atoms. The van der Waals surface area contributed by atoms with Crippen molar-refractivity contribution in [1.29, 1.82) is 0 Å². The van der Waals surface area contributed by atoms with Crippen LogP contribution in [0.3, 0.4) is 0 Å². The highest BCUT2D eigenvalue weighted by molar-refractivity contribution is 6.80. The minimum atomic E-state index is -0.375. The van der Waals surface area contributed by atoms with Gasteiger partial charge >= 0.3 is 6.92 Å². The number of hydrogen-bond donors (Lipinski definition) is 0. The standard InChI is InChI=1S/C27H24BCl2NO/c1-18-7-11-21(12-8-18)27(26-6-4-5-15-31-26)32-28(22-13-9-19(2)24(29)16-22)23-14-10-20(3)25(30)17-23/h4-17,27H,1-3H3. The zero-order chi connectivity index (χ0) is 22.7. The highest BCUT2D eigenvalue weighted by atomic mass is 35.5. The van der Waals surface area contributed by atoms with Gasteiger partial charge < -0.3 is 4.65 Å². The van der Waals surface area contributed by atoms with Crippen LogP contribution >= 0.6 is 23.2 Å². The summed E-state index contributed by atoms with van der Waals surface area (Å²) in [5.74, 6) is 0. The number of aromatic nitrogens is 1. The van der Waals surface area contributed by atoms with E-state index in [9.17, 15) is 0 Å². The average molecular weight is 460 g/mol. The van der Waals surface area contributed by atoms with E-state index in [0.717, 1.165) is 33.3 Å². The van der Waals surface area contributed by atoms with Crippen molar-refractivity contribution in [3.63, 3.8) is 0 Å². The lowest BCUT2D eigenvalue weighted by atomic mass is 9.55. The Labute approximate surface area is 200 Å². The van der Waals surface area contributed by atoms with Gasteiger partial charge in [-0.1, -0.05) is 83.4 Å². The molecule has 3 aromatic carbocycles. The summed E-state index contributed by atoms with van der Waals surface area (Å²) < 4.78 is 6.84. The molecular formula is C27H24BCl2NO. The van der Waals surface area contributed by atoms with E-state index in [1.54, 1.807) is 6.20 Å². The zero-order valence-electron chi connectivity index (χ0n) is 18.3. The first-order valence-corrected chi connectivity index (χ1v) is 11.3. The summed E-state index contributed by atoms with van der Waals surface area (Å²) in [6, 6.07) is 26.4. The van der Waals surface area contributed by atoms with Gasteiger partial charge in [0.05, 0.1) is 5.69 Å². The molecule has 0 fully saturated rings. The molecule has 0 aliphatic heterocycles. The molecule has 0 aliphatic rings. The van der Waals surface area contributed by atoms with Gasteiger partial charge in [0.25, 0.3) is 0 Å². The predicted molar refractivity (Wildman–Crippen MR) is 136 cm³/mol. The van der Waals surface area contributed by atoms with Crippen LogP contribution in [0.4, 0.5) is 0 Å². The van der Waals surface area contributed by atoms with E-state index >= 15 is 0 Å². The quantitative estimate of drug-likeness (QED) is 0.319. The van der Waals surface area contributed by atoms with Crippen molar-refractivity contribution in [1.82, 2.24) is 4.98 Å². The van der Waals surface area contributed by atoms with Gasteiger partial charge in [-0.3, -0.25) is 4.98 Å². The van der Waals surface area contributed by atoms with Crippen LogP contribution in [-0.2, 0) is 4.65 Å². The van der Waals surface area contributed by atoms with Gasteiger partial charge in [0.2, 0.25) is 0 Å². The van der Waals surface area contributed by atoms with E-state index in [1.165, 1.54) is 5.56 Å². The second kappa shape index (κ2) is 9.91. The number of rotatable bonds is 6. The van der Waals surface area contributed by atoms with E-state index in [0.29, 0.717) is 10.0 Å². The maximum absolute atomic E-state index is 6.84. The van der Waals surface area contributed by atoms with Crippen LogP contribution in [0.2, 0.25) is 10.0 Å². The monoisotopic (exact) mass is 459 g/mol. The largest absolute Gasteiger partial charge is 0.414 e. The van der Waals surface area contributed by atoms with Crippen molar-refractivity contribution in [3.8, 4) is 0 Å². The minimum Gasteiger partial charge on any atom is -0.414 e. The topological polar surface area (TPSA) is 22.1 Å². The Kier molecular flexibility index (Phi) is 7.00. The third-order valence-corrected chi connectivity index (χ3v) is 6.42. The lowest BCUT2D eigenvalue weighted by Gasteiger charge is -2.25. The summed E-state index contributed by atoms with van der Waals surface area (Å²) in [5, 5.41) is 1.41. The van der Waals surface area contributed by atoms with E-state index in [2.05, 4.69) is 48.3 Å². The zero-order valence-corrected chi connectivity index (χ0v) is 19.9. The van der Waals surface area contributed by atoms with E-state index < -0.39 is 0 Å². The number of nitrogens with zero attached hydrogens (tertiary/aromatic N) is 1. The molecule has 2 nitrogen and oxygen atoms in total. The first kappa shape index (κ1) is 22.6. The molecule has 1 heterocycles. The molecule has 0 amide bonds. The smallest absolute Gasteiger partial charge is 0.362 e. The van der Waals surface area contributed by atoms with Gasteiger partial charge in [-0.25, -0.2) is 0 Å². The number of benzene rings is 3. The molecule has 32 heavy (non-hydrogen) atoms. The van der Waals surface area contributed by atoms with Crippen LogP contribution in [0.5, 0.6) is 0 Å². The Hall–Kier alpha value is -2.59. The van der Waals surface area contributed by atoms with Gasteiger partial charge in [0.1, 0.15) is 6.10 Å². The van der Waals surface area contributed by atoms with Crippen LogP contribution in [0.25, 0.3) is 0 Å². The van der Waals surface area contributed by atoms with Gasteiger partial charge in [-0.05, 0) is 72.7 Å². The van der Waals surface area contributed by atoms with Crippen molar-refractivity contribution in [2.24, 2.45) is 0 Å². The Morgan fingerprint density at radius 1 is 0.750 bits per heavy atom. The number of aryl methyl sites for hydroxylation is 3. The van der Waals surface area contributed by atoms with Gasteiger partial charge in [0, 0.05) is 16.2 Å². The summed E-state index contributed by atoms with van der Waals surface area (Å²) in [4.78, 5) is 4.60. The van der Waals surface area contributed by atoms with Crippen molar-refractivity contribution in [2.75, 3.05) is 0 Å². The van der Waals surface area contributed by atoms with Crippen LogP contribution in [-0.4, -0.2) is 11.9 Å². The SMILES string of the molecule is Cc1ccc(C(OB(c2ccc(C)c(Cl)c2)c2ccc(C)c(Cl)c2)c2ccccn2)cc1. The summed E-state index contributed by atoms with van der Waals surface area (Å²) in [7, 11) is 0. The van der Waals surface area contributed by atoms with Crippen LogP contribution < -0.4 is 10.9 Å². The van der Waals surface area contributed by atoms with E-state index in [-0.39, 0.29) is 13.0 Å². The molecule has 1 aromatic heterocycles. The molecule has 1 atom stereocenters. The first-order valence-electron chi connectivity index (χ1n) is 10.6. The van der Waals surface area contributed by atoms with Crippen LogP contribution in [0.1, 0.15) is 34.1 Å². The second-order valence-electron chi connectivity index (χ2n) is 8.08. The number of hydrogen-bond acceptors (Lipinski definition) is 2. The van der Waals surface area contributed by atoms with Gasteiger partial charge in [-0.15, -0.1) is 0 Å². The molecule has 5 heteroatoms. The molecule has 160 valence electrons. The molecule has 4 aromatic rings. The lowest BCUT2D eigenvalue weighted by molar-refractivity contribution is 0.253. The highest BCUT2D eigenvalue weighted by Crippen LogP contribution is 2.26. The Morgan fingerprint density at radius 2 is 1.34 bits per heavy atom. The number of pyridine rings is 1. The normalized spacial score (nSPS) is 11.9. The summed E-state index contributed by atoms with van der Waals surface area (Å²) >= 11 is 13.0.